The van der Waals surface area contributed by atoms with Crippen molar-refractivity contribution in [3.8, 4) is 5.75 Å². The highest BCUT2D eigenvalue weighted by Gasteiger charge is 2.49. The molecule has 0 amide bonds. The molecule has 0 saturated carbocycles. The predicted octanol–water partition coefficient (Wildman–Crippen LogP) is 5.70. The molecule has 0 bridgehead atoms. The molecule has 1 aliphatic heterocycles. The smallest absolute Gasteiger partial charge is 0.192 e. The number of hydrogen-bond acceptors (Lipinski definition) is 4. The lowest BCUT2D eigenvalue weighted by atomic mass is 10.0. The lowest BCUT2D eigenvalue weighted by molar-refractivity contribution is 0.104. The van der Waals surface area contributed by atoms with Gasteiger partial charge in [-0.1, -0.05) is 63.2 Å². The average molecular weight is 429 g/mol. The van der Waals surface area contributed by atoms with Crippen molar-refractivity contribution in [1.82, 2.24) is 0 Å². The number of phenolic OH excluding ortho intramolecular Hbond substituents is 1. The molecular formula is C25H36O4Si. The highest BCUT2D eigenvalue weighted by atomic mass is 28.4. The molecule has 1 heterocycles. The number of phenols is 1. The van der Waals surface area contributed by atoms with Gasteiger partial charge in [0.1, 0.15) is 18.0 Å². The lowest BCUT2D eigenvalue weighted by Gasteiger charge is -2.39. The van der Waals surface area contributed by atoms with Crippen LogP contribution < -0.4 is 0 Å². The Morgan fingerprint density at radius 1 is 1.00 bits per heavy atom. The molecule has 1 N–H and O–H groups in total. The number of hydrogen-bond donors (Lipinski definition) is 1. The third kappa shape index (κ3) is 6.42. The van der Waals surface area contributed by atoms with Gasteiger partial charge in [-0.15, -0.1) is 0 Å². The molecule has 2 aromatic rings. The fraction of sp³-hybridized carbons (Fsp3) is 0.520. The third-order valence-corrected chi connectivity index (χ3v) is 10.8. The average Bonchev–Trinajstić information content (AvgIpc) is 3.46. The van der Waals surface area contributed by atoms with Crippen LogP contribution in [-0.2, 0) is 26.9 Å². The van der Waals surface area contributed by atoms with Gasteiger partial charge in [-0.2, -0.15) is 0 Å². The number of epoxide rings is 1. The van der Waals surface area contributed by atoms with E-state index in [4.69, 9.17) is 13.9 Å². The van der Waals surface area contributed by atoms with E-state index in [2.05, 4.69) is 46.0 Å². The summed E-state index contributed by atoms with van der Waals surface area (Å²) in [5.41, 5.74) is 2.38. The van der Waals surface area contributed by atoms with Crippen LogP contribution in [0.2, 0.25) is 18.1 Å². The van der Waals surface area contributed by atoms with Crippen molar-refractivity contribution in [3.63, 3.8) is 0 Å². The number of benzene rings is 2. The maximum absolute atomic E-state index is 9.52. The van der Waals surface area contributed by atoms with E-state index in [-0.39, 0.29) is 23.4 Å². The molecular weight excluding hydrogens is 392 g/mol. The number of aromatic hydroxyl groups is 1. The molecule has 0 spiro atoms. The first-order chi connectivity index (χ1) is 14.2. The molecule has 4 nitrogen and oxygen atoms in total. The van der Waals surface area contributed by atoms with Crippen molar-refractivity contribution in [3.05, 3.63) is 65.7 Å². The van der Waals surface area contributed by atoms with Crippen molar-refractivity contribution < 1.29 is 19.0 Å². The van der Waals surface area contributed by atoms with Crippen LogP contribution in [0.4, 0.5) is 0 Å². The number of ether oxygens (including phenoxy) is 2. The van der Waals surface area contributed by atoms with Gasteiger partial charge in [0.05, 0.1) is 19.3 Å². The van der Waals surface area contributed by atoms with Crippen molar-refractivity contribution in [2.75, 3.05) is 6.61 Å². The maximum Gasteiger partial charge on any atom is 0.192 e. The maximum atomic E-state index is 9.52. The van der Waals surface area contributed by atoms with Crippen LogP contribution in [0.3, 0.4) is 0 Å². The zero-order valence-electron chi connectivity index (χ0n) is 18.9. The van der Waals surface area contributed by atoms with Crippen molar-refractivity contribution in [2.45, 2.75) is 76.7 Å². The van der Waals surface area contributed by atoms with Gasteiger partial charge in [-0.25, -0.2) is 0 Å². The van der Waals surface area contributed by atoms with Gasteiger partial charge in [0, 0.05) is 0 Å². The van der Waals surface area contributed by atoms with E-state index in [0.717, 1.165) is 12.8 Å². The highest BCUT2D eigenvalue weighted by molar-refractivity contribution is 6.74. The van der Waals surface area contributed by atoms with Crippen LogP contribution in [0.5, 0.6) is 5.75 Å². The van der Waals surface area contributed by atoms with Gasteiger partial charge in [-0.3, -0.25) is 0 Å². The summed E-state index contributed by atoms with van der Waals surface area (Å²) in [4.78, 5) is 0. The normalized spacial score (nSPS) is 20.2. The Bertz CT molecular complexity index is 783. The molecule has 30 heavy (non-hydrogen) atoms. The minimum Gasteiger partial charge on any atom is -0.508 e. The summed E-state index contributed by atoms with van der Waals surface area (Å²) < 4.78 is 18.7. The molecule has 164 valence electrons. The minimum absolute atomic E-state index is 0.0602. The van der Waals surface area contributed by atoms with Gasteiger partial charge < -0.3 is 19.0 Å². The van der Waals surface area contributed by atoms with Gasteiger partial charge in [0.2, 0.25) is 0 Å². The van der Waals surface area contributed by atoms with E-state index in [1.807, 2.05) is 30.3 Å². The van der Waals surface area contributed by atoms with Crippen LogP contribution in [-0.4, -0.2) is 38.3 Å². The van der Waals surface area contributed by atoms with E-state index in [1.54, 1.807) is 12.1 Å². The summed E-state index contributed by atoms with van der Waals surface area (Å²) in [5.74, 6) is 0.300. The van der Waals surface area contributed by atoms with Crippen LogP contribution in [0.25, 0.3) is 0 Å². The zero-order chi connectivity index (χ0) is 21.8. The molecule has 1 fully saturated rings. The summed E-state index contributed by atoms with van der Waals surface area (Å²) in [5, 5.41) is 9.67. The minimum atomic E-state index is -1.91. The van der Waals surface area contributed by atoms with Gasteiger partial charge >= 0.3 is 0 Å². The van der Waals surface area contributed by atoms with Crippen molar-refractivity contribution in [2.24, 2.45) is 0 Å². The quantitative estimate of drug-likeness (QED) is 0.390. The molecule has 3 rings (SSSR count). The fourth-order valence-electron chi connectivity index (χ4n) is 3.30. The van der Waals surface area contributed by atoms with E-state index >= 15 is 0 Å². The SMILES string of the molecule is CC(C)(C)[Si](C)(C)O[C@H](CCc1ccc(O)cc1)[C@H]1O[C@H]1COCc1ccccc1. The van der Waals surface area contributed by atoms with Gasteiger partial charge in [0.15, 0.2) is 8.32 Å². The van der Waals surface area contributed by atoms with E-state index < -0.39 is 8.32 Å². The first-order valence-corrected chi connectivity index (χ1v) is 13.8. The topological polar surface area (TPSA) is 51.2 Å². The highest BCUT2D eigenvalue weighted by Crippen LogP contribution is 2.40. The summed E-state index contributed by atoms with van der Waals surface area (Å²) in [6.45, 7) is 12.6. The predicted molar refractivity (Wildman–Crippen MR) is 123 cm³/mol. The molecule has 1 saturated heterocycles. The zero-order valence-corrected chi connectivity index (χ0v) is 19.9. The molecule has 3 atom stereocenters. The Hall–Kier alpha value is -1.66. The second kappa shape index (κ2) is 9.65. The first kappa shape index (κ1) is 23.0. The summed E-state index contributed by atoms with van der Waals surface area (Å²) in [7, 11) is -1.91. The standard InChI is InChI=1S/C25H36O4Si/c1-25(2,3)30(4,5)29-22(16-13-19-11-14-21(26)15-12-19)24-23(28-24)18-27-17-20-9-7-6-8-10-20/h6-12,14-15,22-24,26H,13,16-18H2,1-5H3/t22-,23+,24-/m1/s1. The Balaban J connectivity index is 1.57. The number of aryl methyl sites for hydroxylation is 1. The Kier molecular flexibility index (Phi) is 7.40. The Morgan fingerprint density at radius 3 is 2.30 bits per heavy atom. The van der Waals surface area contributed by atoms with Gasteiger partial charge in [0.25, 0.3) is 0 Å². The molecule has 5 heteroatoms. The third-order valence-electron chi connectivity index (χ3n) is 6.29. The summed E-state index contributed by atoms with van der Waals surface area (Å²) in [6, 6.07) is 17.7. The number of rotatable bonds is 10. The molecule has 0 unspecified atom stereocenters. The van der Waals surface area contributed by atoms with Gasteiger partial charge in [-0.05, 0) is 54.2 Å². The summed E-state index contributed by atoms with van der Waals surface area (Å²) >= 11 is 0. The Morgan fingerprint density at radius 2 is 1.67 bits per heavy atom. The molecule has 1 aliphatic rings. The second-order valence-electron chi connectivity index (χ2n) is 9.76. The molecule has 2 aromatic carbocycles. The van der Waals surface area contributed by atoms with E-state index in [0.29, 0.717) is 19.0 Å². The second-order valence-corrected chi connectivity index (χ2v) is 14.5. The van der Waals surface area contributed by atoms with Crippen LogP contribution in [0.15, 0.2) is 54.6 Å². The molecule has 0 radical (unpaired) electrons. The lowest BCUT2D eigenvalue weighted by Crippen LogP contribution is -2.45. The largest absolute Gasteiger partial charge is 0.508 e. The van der Waals surface area contributed by atoms with Crippen molar-refractivity contribution in [1.29, 1.82) is 0 Å². The monoisotopic (exact) mass is 428 g/mol. The van der Waals surface area contributed by atoms with Crippen LogP contribution in [0, 0.1) is 0 Å². The Labute approximate surface area is 182 Å². The molecule has 0 aliphatic carbocycles. The van der Waals surface area contributed by atoms with Crippen LogP contribution >= 0.6 is 0 Å². The van der Waals surface area contributed by atoms with Crippen LogP contribution in [0.1, 0.15) is 38.3 Å². The summed E-state index contributed by atoms with van der Waals surface area (Å²) in [6.07, 6.45) is 2.05. The van der Waals surface area contributed by atoms with Crippen molar-refractivity contribution >= 4 is 8.32 Å². The fourth-order valence-corrected chi connectivity index (χ4v) is 4.66. The molecule has 0 aromatic heterocycles. The first-order valence-electron chi connectivity index (χ1n) is 10.9. The van der Waals surface area contributed by atoms with E-state index in [1.165, 1.54) is 11.1 Å². The van der Waals surface area contributed by atoms with E-state index in [9.17, 15) is 5.11 Å².